The maximum absolute atomic E-state index is 9.76. The number of anilines is 1. The van der Waals surface area contributed by atoms with Crippen molar-refractivity contribution in [3.8, 4) is 0 Å². The zero-order valence-corrected chi connectivity index (χ0v) is 17.3. The number of nitrogens with one attached hydrogen (secondary N) is 2. The molecule has 152 valence electrons. The molecular formula is C23H29N5O. The Labute approximate surface area is 172 Å². The highest BCUT2D eigenvalue weighted by atomic mass is 16.3. The highest BCUT2D eigenvalue weighted by Crippen LogP contribution is 2.22. The molecule has 1 unspecified atom stereocenters. The summed E-state index contributed by atoms with van der Waals surface area (Å²) in [5.41, 5.74) is 3.24. The molecule has 0 amide bonds. The van der Waals surface area contributed by atoms with Crippen LogP contribution in [0.3, 0.4) is 0 Å². The minimum Gasteiger partial charge on any atom is -0.396 e. The molecule has 1 atom stereocenters. The van der Waals surface area contributed by atoms with Crippen molar-refractivity contribution in [3.05, 3.63) is 71.8 Å². The number of nitrogens with zero attached hydrogens (tertiary/aromatic N) is 3. The van der Waals surface area contributed by atoms with Crippen molar-refractivity contribution in [2.75, 3.05) is 39.2 Å². The molecule has 1 heterocycles. The van der Waals surface area contributed by atoms with Crippen LogP contribution in [0.5, 0.6) is 0 Å². The van der Waals surface area contributed by atoms with E-state index in [2.05, 4.69) is 27.8 Å². The normalized spacial score (nSPS) is 12.6. The number of pyridine rings is 1. The summed E-state index contributed by atoms with van der Waals surface area (Å²) in [4.78, 5) is 11.0. The van der Waals surface area contributed by atoms with Crippen LogP contribution in [-0.2, 0) is 6.54 Å². The first-order valence-corrected chi connectivity index (χ1v) is 9.78. The number of benzene rings is 2. The molecule has 1 aromatic heterocycles. The first kappa shape index (κ1) is 20.6. The summed E-state index contributed by atoms with van der Waals surface area (Å²) in [5.74, 6) is 1.64. The molecule has 0 saturated carbocycles. The highest BCUT2D eigenvalue weighted by molar-refractivity contribution is 5.85. The van der Waals surface area contributed by atoms with E-state index < -0.39 is 0 Å². The second kappa shape index (κ2) is 9.89. The van der Waals surface area contributed by atoms with E-state index in [4.69, 9.17) is 4.98 Å². The molecule has 2 aromatic carbocycles. The number of aromatic nitrogens is 1. The molecule has 3 aromatic rings. The molecule has 0 fully saturated rings. The molecule has 0 spiro atoms. The maximum atomic E-state index is 9.76. The molecular weight excluding hydrogens is 362 g/mol. The number of fused-ring (bicyclic) bond motifs is 1. The molecule has 0 bridgehead atoms. The predicted octanol–water partition coefficient (Wildman–Crippen LogP) is 2.74. The average molecular weight is 392 g/mol. The fourth-order valence-corrected chi connectivity index (χ4v) is 3.24. The van der Waals surface area contributed by atoms with Gasteiger partial charge in [0.15, 0.2) is 5.96 Å². The fourth-order valence-electron chi connectivity index (χ4n) is 3.24. The summed E-state index contributed by atoms with van der Waals surface area (Å²) in [6.07, 6.45) is 0. The molecule has 3 rings (SSSR count). The van der Waals surface area contributed by atoms with Gasteiger partial charge in [0.1, 0.15) is 5.82 Å². The van der Waals surface area contributed by atoms with Crippen LogP contribution in [0, 0.1) is 0 Å². The zero-order chi connectivity index (χ0) is 20.6. The topological polar surface area (TPSA) is 72.8 Å². The van der Waals surface area contributed by atoms with E-state index in [1.54, 1.807) is 7.05 Å². The smallest absolute Gasteiger partial charge is 0.191 e. The van der Waals surface area contributed by atoms with Gasteiger partial charge in [-0.15, -0.1) is 0 Å². The molecule has 0 radical (unpaired) electrons. The van der Waals surface area contributed by atoms with E-state index in [0.717, 1.165) is 27.8 Å². The van der Waals surface area contributed by atoms with Crippen molar-refractivity contribution in [1.82, 2.24) is 15.6 Å². The standard InChI is InChI=1S/C23H29N5O/c1-24-23(26-15-19(16-29)17-9-5-4-6-10-17)25-14-18-13-22(28(2)3)27-21-12-8-7-11-20(18)21/h4-13,19,29H,14-16H2,1-3H3,(H2,24,25,26). The van der Waals surface area contributed by atoms with E-state index in [0.29, 0.717) is 19.0 Å². The van der Waals surface area contributed by atoms with E-state index in [1.165, 1.54) is 0 Å². The van der Waals surface area contributed by atoms with Crippen LogP contribution >= 0.6 is 0 Å². The number of para-hydroxylation sites is 1. The van der Waals surface area contributed by atoms with Crippen molar-refractivity contribution in [1.29, 1.82) is 0 Å². The van der Waals surface area contributed by atoms with Crippen LogP contribution < -0.4 is 15.5 Å². The summed E-state index contributed by atoms with van der Waals surface area (Å²) >= 11 is 0. The van der Waals surface area contributed by atoms with Gasteiger partial charge < -0.3 is 20.6 Å². The van der Waals surface area contributed by atoms with Crippen LogP contribution in [0.1, 0.15) is 17.0 Å². The van der Waals surface area contributed by atoms with Crippen molar-refractivity contribution in [2.24, 2.45) is 4.99 Å². The number of hydrogen-bond donors (Lipinski definition) is 3. The third-order valence-corrected chi connectivity index (χ3v) is 4.92. The Balaban J connectivity index is 1.69. The quantitative estimate of drug-likeness (QED) is 0.427. The van der Waals surface area contributed by atoms with Crippen molar-refractivity contribution in [2.45, 2.75) is 12.5 Å². The van der Waals surface area contributed by atoms with Gasteiger partial charge in [0.05, 0.1) is 12.1 Å². The summed E-state index contributed by atoms with van der Waals surface area (Å²) in [6, 6.07) is 20.3. The van der Waals surface area contributed by atoms with Gasteiger partial charge in [-0.25, -0.2) is 4.98 Å². The fraction of sp³-hybridized carbons (Fsp3) is 0.304. The maximum Gasteiger partial charge on any atom is 0.191 e. The van der Waals surface area contributed by atoms with Crippen LogP contribution in [0.4, 0.5) is 5.82 Å². The molecule has 6 nitrogen and oxygen atoms in total. The average Bonchev–Trinajstić information content (AvgIpc) is 2.76. The summed E-state index contributed by atoms with van der Waals surface area (Å²) in [7, 11) is 5.74. The van der Waals surface area contributed by atoms with Crippen LogP contribution in [0.2, 0.25) is 0 Å². The molecule has 0 aliphatic carbocycles. The summed E-state index contributed by atoms with van der Waals surface area (Å²) in [6.45, 7) is 1.30. The van der Waals surface area contributed by atoms with Crippen LogP contribution in [0.15, 0.2) is 65.7 Å². The van der Waals surface area contributed by atoms with E-state index in [9.17, 15) is 5.11 Å². The van der Waals surface area contributed by atoms with Gasteiger partial charge in [-0.05, 0) is 23.3 Å². The third kappa shape index (κ3) is 5.23. The number of aliphatic hydroxyl groups excluding tert-OH is 1. The monoisotopic (exact) mass is 391 g/mol. The Morgan fingerprint density at radius 3 is 2.48 bits per heavy atom. The third-order valence-electron chi connectivity index (χ3n) is 4.92. The van der Waals surface area contributed by atoms with Gasteiger partial charge in [-0.3, -0.25) is 4.99 Å². The van der Waals surface area contributed by atoms with Gasteiger partial charge >= 0.3 is 0 Å². The molecule has 3 N–H and O–H groups in total. The van der Waals surface area contributed by atoms with Crippen LogP contribution in [-0.4, -0.2) is 50.3 Å². The Morgan fingerprint density at radius 1 is 1.07 bits per heavy atom. The zero-order valence-electron chi connectivity index (χ0n) is 17.3. The molecule has 0 aliphatic heterocycles. The Morgan fingerprint density at radius 2 is 1.79 bits per heavy atom. The van der Waals surface area contributed by atoms with Gasteiger partial charge in [-0.2, -0.15) is 0 Å². The van der Waals surface area contributed by atoms with Crippen molar-refractivity contribution in [3.63, 3.8) is 0 Å². The van der Waals surface area contributed by atoms with Crippen molar-refractivity contribution < 1.29 is 5.11 Å². The SMILES string of the molecule is CN=C(NCc1cc(N(C)C)nc2ccccc12)NCC(CO)c1ccccc1. The molecule has 0 saturated heterocycles. The largest absolute Gasteiger partial charge is 0.396 e. The number of aliphatic hydroxyl groups is 1. The molecule has 29 heavy (non-hydrogen) atoms. The molecule has 6 heteroatoms. The summed E-state index contributed by atoms with van der Waals surface area (Å²) < 4.78 is 0. The first-order valence-electron chi connectivity index (χ1n) is 9.78. The van der Waals surface area contributed by atoms with Gasteiger partial charge in [0.2, 0.25) is 0 Å². The van der Waals surface area contributed by atoms with Gasteiger partial charge in [0, 0.05) is 45.5 Å². The summed E-state index contributed by atoms with van der Waals surface area (Å²) in [5, 5.41) is 17.6. The minimum absolute atomic E-state index is 0.0110. The van der Waals surface area contributed by atoms with Crippen LogP contribution in [0.25, 0.3) is 10.9 Å². The predicted molar refractivity (Wildman–Crippen MR) is 121 cm³/mol. The lowest BCUT2D eigenvalue weighted by molar-refractivity contribution is 0.265. The number of hydrogen-bond acceptors (Lipinski definition) is 4. The lowest BCUT2D eigenvalue weighted by Gasteiger charge is -2.19. The second-order valence-corrected chi connectivity index (χ2v) is 7.15. The first-order chi connectivity index (χ1) is 14.1. The Kier molecular flexibility index (Phi) is 7.03. The van der Waals surface area contributed by atoms with Crippen molar-refractivity contribution >= 4 is 22.7 Å². The highest BCUT2D eigenvalue weighted by Gasteiger charge is 2.12. The molecule has 0 aliphatic rings. The Hall–Kier alpha value is -3.12. The Bertz CT molecular complexity index is 956. The minimum atomic E-state index is 0.0110. The lowest BCUT2D eigenvalue weighted by Crippen LogP contribution is -2.39. The van der Waals surface area contributed by atoms with Gasteiger partial charge in [0.25, 0.3) is 0 Å². The van der Waals surface area contributed by atoms with E-state index in [-0.39, 0.29) is 12.5 Å². The number of guanidine groups is 1. The van der Waals surface area contributed by atoms with Gasteiger partial charge in [-0.1, -0.05) is 48.5 Å². The van der Waals surface area contributed by atoms with E-state index in [1.807, 2.05) is 67.5 Å². The number of aliphatic imine (C=N–C) groups is 1. The van der Waals surface area contributed by atoms with E-state index >= 15 is 0 Å². The number of rotatable bonds is 7. The lowest BCUT2D eigenvalue weighted by atomic mass is 10.0. The second-order valence-electron chi connectivity index (χ2n) is 7.15.